The van der Waals surface area contributed by atoms with Gasteiger partial charge in [0.05, 0.1) is 5.69 Å². The van der Waals surface area contributed by atoms with Crippen molar-refractivity contribution < 1.29 is 14.3 Å². The van der Waals surface area contributed by atoms with Crippen LogP contribution in [0, 0.1) is 0 Å². The van der Waals surface area contributed by atoms with Gasteiger partial charge in [-0.15, -0.1) is 0 Å². The molecule has 1 aliphatic rings. The first-order chi connectivity index (χ1) is 19.2. The average Bonchev–Trinajstić information content (AvgIpc) is 3.41. The maximum atomic E-state index is 13.2. The van der Waals surface area contributed by atoms with Crippen LogP contribution in [-0.4, -0.2) is 56.9 Å². The Bertz CT molecular complexity index is 1550. The number of halogens is 1. The summed E-state index contributed by atoms with van der Waals surface area (Å²) in [7, 11) is 0. The molecule has 1 atom stereocenters. The molecule has 0 saturated carbocycles. The summed E-state index contributed by atoms with van der Waals surface area (Å²) in [6.07, 6.45) is 3.89. The van der Waals surface area contributed by atoms with Crippen LogP contribution in [0.5, 0.6) is 0 Å². The largest absolute Gasteiger partial charge is 0.376 e. The minimum Gasteiger partial charge on any atom is -0.376 e. The number of alkyl halides is 1. The van der Waals surface area contributed by atoms with E-state index in [9.17, 15) is 14.3 Å². The fourth-order valence-corrected chi connectivity index (χ4v) is 5.25. The number of fused-ring (bicyclic) bond motifs is 1. The maximum absolute atomic E-state index is 13.2. The highest BCUT2D eigenvalue weighted by molar-refractivity contribution is 6.05. The molecule has 3 N–H and O–H groups in total. The molecule has 40 heavy (non-hydrogen) atoms. The van der Waals surface area contributed by atoms with Crippen molar-refractivity contribution in [1.82, 2.24) is 19.9 Å². The summed E-state index contributed by atoms with van der Waals surface area (Å²) < 4.78 is 12.9. The van der Waals surface area contributed by atoms with E-state index in [4.69, 9.17) is 0 Å². The number of nitrogens with zero attached hydrogens (tertiary/aromatic N) is 3. The standard InChI is InChI=1S/C32H36FN5O2/c1-5-23-24(7-6-8-26(23)37-31(40)21-9-11-22(12-10-21)32(2,3)4)29-25-17-27(36-30(25)35-19-34-29)20-13-15-38(16-14-20)28(39)18-33/h6-13,17,19,28,39H,5,14-16,18H2,1-4H3,(H,37,40)(H,34,35,36). The van der Waals surface area contributed by atoms with Crippen molar-refractivity contribution in [2.24, 2.45) is 0 Å². The van der Waals surface area contributed by atoms with Crippen LogP contribution in [0.3, 0.4) is 0 Å². The van der Waals surface area contributed by atoms with Crippen LogP contribution < -0.4 is 5.32 Å². The Balaban J connectivity index is 1.45. The topological polar surface area (TPSA) is 94.1 Å². The number of carbonyl (C=O) groups excluding carboxylic acids is 1. The summed E-state index contributed by atoms with van der Waals surface area (Å²) in [5.41, 5.74) is 8.06. The molecule has 2 aromatic heterocycles. The molecule has 3 heterocycles. The van der Waals surface area contributed by atoms with Gasteiger partial charge in [0.25, 0.3) is 5.91 Å². The summed E-state index contributed by atoms with van der Waals surface area (Å²) in [6, 6.07) is 15.7. The third-order valence-corrected chi connectivity index (χ3v) is 7.62. The van der Waals surface area contributed by atoms with Gasteiger partial charge >= 0.3 is 0 Å². The zero-order valence-electron chi connectivity index (χ0n) is 23.5. The molecule has 0 aliphatic carbocycles. The monoisotopic (exact) mass is 541 g/mol. The maximum Gasteiger partial charge on any atom is 0.255 e. The number of benzene rings is 2. The van der Waals surface area contributed by atoms with Crippen molar-refractivity contribution in [3.05, 3.63) is 83.3 Å². The molecular weight excluding hydrogens is 505 g/mol. The molecular formula is C32H36FN5O2. The molecule has 0 spiro atoms. The van der Waals surface area contributed by atoms with Gasteiger partial charge in [-0.1, -0.05) is 58.0 Å². The van der Waals surface area contributed by atoms with Crippen molar-refractivity contribution in [2.45, 2.75) is 52.2 Å². The number of anilines is 1. The first-order valence-corrected chi connectivity index (χ1v) is 13.7. The van der Waals surface area contributed by atoms with E-state index in [0.29, 0.717) is 31.5 Å². The molecule has 1 unspecified atom stereocenters. The summed E-state index contributed by atoms with van der Waals surface area (Å²) in [6.45, 7) is 8.80. The quantitative estimate of drug-likeness (QED) is 0.262. The first kappa shape index (κ1) is 27.7. The normalized spacial score (nSPS) is 15.2. The molecule has 0 fully saturated rings. The van der Waals surface area contributed by atoms with Crippen LogP contribution in [-0.2, 0) is 11.8 Å². The van der Waals surface area contributed by atoms with Crippen LogP contribution in [0.2, 0.25) is 0 Å². The second-order valence-corrected chi connectivity index (χ2v) is 11.2. The Morgan fingerprint density at radius 3 is 2.60 bits per heavy atom. The number of H-pyrrole nitrogens is 1. The van der Waals surface area contributed by atoms with Gasteiger partial charge in [0.1, 0.15) is 24.9 Å². The number of hydrogen-bond donors (Lipinski definition) is 3. The number of hydrogen-bond acceptors (Lipinski definition) is 5. The molecule has 8 heteroatoms. The molecule has 5 rings (SSSR count). The second kappa shape index (κ2) is 11.3. The predicted octanol–water partition coefficient (Wildman–Crippen LogP) is 6.11. The number of aromatic amines is 1. The number of carbonyl (C=O) groups is 1. The lowest BCUT2D eigenvalue weighted by Gasteiger charge is -2.28. The van der Waals surface area contributed by atoms with Gasteiger partial charge in [0.2, 0.25) is 0 Å². The molecule has 1 aliphatic heterocycles. The molecule has 7 nitrogen and oxygen atoms in total. The molecule has 0 radical (unpaired) electrons. The van der Waals surface area contributed by atoms with Gasteiger partial charge in [0, 0.05) is 41.0 Å². The van der Waals surface area contributed by atoms with E-state index >= 15 is 0 Å². The lowest BCUT2D eigenvalue weighted by atomic mass is 9.86. The highest BCUT2D eigenvalue weighted by atomic mass is 19.1. The van der Waals surface area contributed by atoms with E-state index in [2.05, 4.69) is 54.0 Å². The van der Waals surface area contributed by atoms with Gasteiger partial charge in [-0.3, -0.25) is 9.69 Å². The van der Waals surface area contributed by atoms with E-state index in [0.717, 1.165) is 44.8 Å². The van der Waals surface area contributed by atoms with E-state index in [1.165, 1.54) is 5.56 Å². The van der Waals surface area contributed by atoms with E-state index < -0.39 is 12.9 Å². The van der Waals surface area contributed by atoms with Gasteiger partial charge in [0.15, 0.2) is 0 Å². The second-order valence-electron chi connectivity index (χ2n) is 11.2. The zero-order valence-corrected chi connectivity index (χ0v) is 23.5. The highest BCUT2D eigenvalue weighted by Gasteiger charge is 2.22. The summed E-state index contributed by atoms with van der Waals surface area (Å²) in [5.74, 6) is -0.153. The van der Waals surface area contributed by atoms with Crippen LogP contribution in [0.25, 0.3) is 27.9 Å². The summed E-state index contributed by atoms with van der Waals surface area (Å²) in [5, 5.41) is 13.8. The van der Waals surface area contributed by atoms with Crippen molar-refractivity contribution in [3.63, 3.8) is 0 Å². The van der Waals surface area contributed by atoms with Gasteiger partial charge in [-0.05, 0) is 59.2 Å². The Kier molecular flexibility index (Phi) is 7.83. The minimum atomic E-state index is -1.07. The number of aliphatic hydroxyl groups excluding tert-OH is 1. The fourth-order valence-electron chi connectivity index (χ4n) is 5.25. The molecule has 1 amide bonds. The predicted molar refractivity (Wildman–Crippen MR) is 158 cm³/mol. The van der Waals surface area contributed by atoms with Crippen LogP contribution in [0.4, 0.5) is 10.1 Å². The Labute approximate surface area is 234 Å². The van der Waals surface area contributed by atoms with Crippen molar-refractivity contribution >= 4 is 28.2 Å². The lowest BCUT2D eigenvalue weighted by Crippen LogP contribution is -2.39. The van der Waals surface area contributed by atoms with Crippen molar-refractivity contribution in [2.75, 3.05) is 25.1 Å². The number of aliphatic hydroxyl groups is 1. The average molecular weight is 542 g/mol. The van der Waals surface area contributed by atoms with Gasteiger partial charge < -0.3 is 15.4 Å². The van der Waals surface area contributed by atoms with Crippen LogP contribution >= 0.6 is 0 Å². The van der Waals surface area contributed by atoms with E-state index in [1.54, 1.807) is 11.2 Å². The van der Waals surface area contributed by atoms with Crippen LogP contribution in [0.15, 0.2) is 60.9 Å². The Hall–Kier alpha value is -3.88. The summed E-state index contributed by atoms with van der Waals surface area (Å²) in [4.78, 5) is 27.4. The third-order valence-electron chi connectivity index (χ3n) is 7.62. The van der Waals surface area contributed by atoms with Gasteiger partial charge in [-0.2, -0.15) is 0 Å². The van der Waals surface area contributed by atoms with Gasteiger partial charge in [-0.25, -0.2) is 14.4 Å². The number of rotatable bonds is 7. The molecule has 2 aromatic carbocycles. The smallest absolute Gasteiger partial charge is 0.255 e. The number of amides is 1. The van der Waals surface area contributed by atoms with Crippen molar-refractivity contribution in [1.29, 1.82) is 0 Å². The molecule has 0 saturated heterocycles. The number of aromatic nitrogens is 3. The SMILES string of the molecule is CCc1c(NC(=O)c2ccc(C(C)(C)C)cc2)cccc1-c1ncnc2[nH]c(C3=CCN(C(O)CF)CC3)cc12. The van der Waals surface area contributed by atoms with E-state index in [1.807, 2.05) is 48.5 Å². The first-order valence-electron chi connectivity index (χ1n) is 13.7. The number of nitrogens with one attached hydrogen (secondary N) is 2. The van der Waals surface area contributed by atoms with Crippen LogP contribution in [0.1, 0.15) is 61.3 Å². The minimum absolute atomic E-state index is 0.0192. The molecule has 0 bridgehead atoms. The third kappa shape index (κ3) is 5.55. The molecule has 208 valence electrons. The fraction of sp³-hybridized carbons (Fsp3) is 0.344. The highest BCUT2D eigenvalue weighted by Crippen LogP contribution is 2.35. The van der Waals surface area contributed by atoms with E-state index in [-0.39, 0.29) is 11.3 Å². The summed E-state index contributed by atoms with van der Waals surface area (Å²) >= 11 is 0. The molecule has 4 aromatic rings. The zero-order chi connectivity index (χ0) is 28.4. The van der Waals surface area contributed by atoms with Crippen molar-refractivity contribution in [3.8, 4) is 11.3 Å². The Morgan fingerprint density at radius 1 is 1.18 bits per heavy atom. The Morgan fingerprint density at radius 2 is 1.95 bits per heavy atom. The lowest BCUT2D eigenvalue weighted by molar-refractivity contribution is -0.00660.